The third-order valence-electron chi connectivity index (χ3n) is 2.26. The normalized spacial score (nSPS) is 10.8. The molecule has 1 N–H and O–H groups in total. The molecule has 0 saturated carbocycles. The highest BCUT2D eigenvalue weighted by molar-refractivity contribution is 7.09. The molecular weight excluding hydrogens is 228 g/mol. The summed E-state index contributed by atoms with van der Waals surface area (Å²) in [4.78, 5) is 1.36. The number of nitrogens with one attached hydrogen (secondary N) is 1. The molecule has 0 atom stereocenters. The Labute approximate surface area is 98.5 Å². The predicted octanol–water partition coefficient (Wildman–Crippen LogP) is 3.03. The molecule has 0 unspecified atom stereocenters. The van der Waals surface area contributed by atoms with Crippen LogP contribution in [0.2, 0.25) is 5.02 Å². The summed E-state index contributed by atoms with van der Waals surface area (Å²) in [6.45, 7) is 1.77. The summed E-state index contributed by atoms with van der Waals surface area (Å²) in [5.74, 6) is 0. The van der Waals surface area contributed by atoms with Crippen LogP contribution in [0.1, 0.15) is 10.6 Å². The molecule has 80 valence electrons. The lowest BCUT2D eigenvalue weighted by Crippen LogP contribution is -2.13. The van der Waals surface area contributed by atoms with Crippen molar-refractivity contribution in [3.63, 3.8) is 0 Å². The van der Waals surface area contributed by atoms with Crippen molar-refractivity contribution in [1.29, 1.82) is 0 Å². The van der Waals surface area contributed by atoms with Crippen LogP contribution >= 0.6 is 22.9 Å². The van der Waals surface area contributed by atoms with Crippen molar-refractivity contribution in [1.82, 2.24) is 9.88 Å². The SMILES string of the molecule is Cn1cc(Cl)cc1CNCc1cccs1. The van der Waals surface area contributed by atoms with Crippen LogP contribution in [-0.2, 0) is 20.1 Å². The van der Waals surface area contributed by atoms with Gasteiger partial charge in [-0.3, -0.25) is 0 Å². The minimum absolute atomic E-state index is 0.797. The maximum absolute atomic E-state index is 5.90. The van der Waals surface area contributed by atoms with Crippen LogP contribution in [0.4, 0.5) is 0 Å². The molecule has 15 heavy (non-hydrogen) atoms. The molecule has 2 nitrogen and oxygen atoms in total. The Bertz CT molecular complexity index is 420. The molecule has 0 bridgehead atoms. The predicted molar refractivity (Wildman–Crippen MR) is 65.3 cm³/mol. The van der Waals surface area contributed by atoms with Gasteiger partial charge in [0.05, 0.1) is 5.02 Å². The molecule has 2 rings (SSSR count). The van der Waals surface area contributed by atoms with E-state index < -0.39 is 0 Å². The molecule has 2 heterocycles. The molecule has 0 aromatic carbocycles. The molecule has 2 aromatic rings. The van der Waals surface area contributed by atoms with E-state index in [0.717, 1.165) is 18.1 Å². The van der Waals surface area contributed by atoms with Gasteiger partial charge in [0.2, 0.25) is 0 Å². The van der Waals surface area contributed by atoms with Crippen molar-refractivity contribution in [2.24, 2.45) is 7.05 Å². The second-order valence-corrected chi connectivity index (χ2v) is 4.91. The van der Waals surface area contributed by atoms with Crippen molar-refractivity contribution in [3.8, 4) is 0 Å². The van der Waals surface area contributed by atoms with Crippen molar-refractivity contribution < 1.29 is 0 Å². The first-order chi connectivity index (χ1) is 7.25. The number of hydrogen-bond acceptors (Lipinski definition) is 2. The molecule has 0 spiro atoms. The largest absolute Gasteiger partial charge is 0.352 e. The number of aromatic nitrogens is 1. The molecule has 0 saturated heterocycles. The molecule has 0 aliphatic carbocycles. The van der Waals surface area contributed by atoms with E-state index in [1.54, 1.807) is 11.3 Å². The van der Waals surface area contributed by atoms with E-state index in [4.69, 9.17) is 11.6 Å². The average Bonchev–Trinajstić information content (AvgIpc) is 2.77. The standard InChI is InChI=1S/C11H13ClN2S/c1-14-8-9(12)5-10(14)6-13-7-11-3-2-4-15-11/h2-5,8,13H,6-7H2,1H3. The first-order valence-electron chi connectivity index (χ1n) is 4.79. The molecule has 0 radical (unpaired) electrons. The van der Waals surface area contributed by atoms with Crippen LogP contribution in [0.3, 0.4) is 0 Å². The van der Waals surface area contributed by atoms with Gasteiger partial charge in [-0.25, -0.2) is 0 Å². The van der Waals surface area contributed by atoms with Crippen molar-refractivity contribution in [2.75, 3.05) is 0 Å². The Kier molecular flexibility index (Phi) is 3.46. The summed E-state index contributed by atoms with van der Waals surface area (Å²) < 4.78 is 2.05. The summed E-state index contributed by atoms with van der Waals surface area (Å²) in [5, 5.41) is 6.28. The second kappa shape index (κ2) is 4.84. The third kappa shape index (κ3) is 2.84. The lowest BCUT2D eigenvalue weighted by Gasteiger charge is -2.04. The maximum atomic E-state index is 5.90. The first-order valence-corrected chi connectivity index (χ1v) is 6.05. The Morgan fingerprint density at radius 1 is 1.47 bits per heavy atom. The molecule has 0 aliphatic rings. The van der Waals surface area contributed by atoms with Crippen LogP contribution in [-0.4, -0.2) is 4.57 Å². The fraction of sp³-hybridized carbons (Fsp3) is 0.273. The van der Waals surface area contributed by atoms with Gasteiger partial charge in [-0.15, -0.1) is 11.3 Å². The molecule has 0 fully saturated rings. The highest BCUT2D eigenvalue weighted by Gasteiger charge is 2.00. The van der Waals surface area contributed by atoms with Gasteiger partial charge in [0.25, 0.3) is 0 Å². The summed E-state index contributed by atoms with van der Waals surface area (Å²) in [6.07, 6.45) is 1.92. The topological polar surface area (TPSA) is 17.0 Å². The van der Waals surface area contributed by atoms with E-state index >= 15 is 0 Å². The van der Waals surface area contributed by atoms with Crippen molar-refractivity contribution in [3.05, 3.63) is 45.4 Å². The van der Waals surface area contributed by atoms with Crippen LogP contribution < -0.4 is 5.32 Å². The van der Waals surface area contributed by atoms with Crippen LogP contribution in [0.15, 0.2) is 29.8 Å². The molecule has 0 amide bonds. The van der Waals surface area contributed by atoms with Crippen molar-refractivity contribution >= 4 is 22.9 Å². The number of rotatable bonds is 4. The van der Waals surface area contributed by atoms with Crippen LogP contribution in [0.5, 0.6) is 0 Å². The number of halogens is 1. The lowest BCUT2D eigenvalue weighted by atomic mass is 10.4. The fourth-order valence-corrected chi connectivity index (χ4v) is 2.42. The first kappa shape index (κ1) is 10.7. The van der Waals surface area contributed by atoms with Gasteiger partial charge in [-0.1, -0.05) is 17.7 Å². The highest BCUT2D eigenvalue weighted by Crippen LogP contribution is 2.13. The lowest BCUT2D eigenvalue weighted by molar-refractivity contribution is 0.660. The van der Waals surface area contributed by atoms with Crippen LogP contribution in [0, 0.1) is 0 Å². The summed E-state index contributed by atoms with van der Waals surface area (Å²) in [6, 6.07) is 6.19. The van der Waals surface area contributed by atoms with E-state index in [1.807, 2.05) is 23.9 Å². The van der Waals surface area contributed by atoms with Gasteiger partial charge in [0.1, 0.15) is 0 Å². The quantitative estimate of drug-likeness (QED) is 0.870. The van der Waals surface area contributed by atoms with E-state index in [9.17, 15) is 0 Å². The second-order valence-electron chi connectivity index (χ2n) is 3.44. The van der Waals surface area contributed by atoms with E-state index in [1.165, 1.54) is 10.6 Å². The number of nitrogens with zero attached hydrogens (tertiary/aromatic N) is 1. The fourth-order valence-electron chi connectivity index (χ4n) is 1.47. The number of hydrogen-bond donors (Lipinski definition) is 1. The molecular formula is C11H13ClN2S. The summed E-state index contributed by atoms with van der Waals surface area (Å²) in [5.41, 5.74) is 1.21. The van der Waals surface area contributed by atoms with Crippen molar-refractivity contribution in [2.45, 2.75) is 13.1 Å². The Morgan fingerprint density at radius 2 is 2.33 bits per heavy atom. The minimum Gasteiger partial charge on any atom is -0.352 e. The molecule has 2 aromatic heterocycles. The zero-order valence-corrected chi connectivity index (χ0v) is 10.1. The summed E-state index contributed by atoms with van der Waals surface area (Å²) >= 11 is 7.67. The number of aryl methyl sites for hydroxylation is 1. The summed E-state index contributed by atoms with van der Waals surface area (Å²) in [7, 11) is 2.01. The van der Waals surface area contributed by atoms with E-state index in [2.05, 4.69) is 22.8 Å². The van der Waals surface area contributed by atoms with E-state index in [-0.39, 0.29) is 0 Å². The van der Waals surface area contributed by atoms with Gasteiger partial charge in [0.15, 0.2) is 0 Å². The molecule has 0 aliphatic heterocycles. The maximum Gasteiger partial charge on any atom is 0.0585 e. The Balaban J connectivity index is 1.86. The average molecular weight is 241 g/mol. The third-order valence-corrected chi connectivity index (χ3v) is 3.34. The monoisotopic (exact) mass is 240 g/mol. The Morgan fingerprint density at radius 3 is 2.93 bits per heavy atom. The molecule has 4 heteroatoms. The van der Waals surface area contributed by atoms with Gasteiger partial charge >= 0.3 is 0 Å². The van der Waals surface area contributed by atoms with Gasteiger partial charge in [-0.05, 0) is 17.5 Å². The highest BCUT2D eigenvalue weighted by atomic mass is 35.5. The zero-order chi connectivity index (χ0) is 10.7. The van der Waals surface area contributed by atoms with Gasteiger partial charge in [0, 0.05) is 36.9 Å². The Hall–Kier alpha value is -0.770. The number of thiophene rings is 1. The van der Waals surface area contributed by atoms with Gasteiger partial charge < -0.3 is 9.88 Å². The smallest absolute Gasteiger partial charge is 0.0585 e. The van der Waals surface area contributed by atoms with Crippen LogP contribution in [0.25, 0.3) is 0 Å². The minimum atomic E-state index is 0.797. The van der Waals surface area contributed by atoms with E-state index in [0.29, 0.717) is 0 Å². The zero-order valence-electron chi connectivity index (χ0n) is 8.53. The van der Waals surface area contributed by atoms with Gasteiger partial charge in [-0.2, -0.15) is 0 Å².